The summed E-state index contributed by atoms with van der Waals surface area (Å²) in [5.41, 5.74) is 0.263. The number of aryl methyl sites for hydroxylation is 1. The van der Waals surface area contributed by atoms with E-state index >= 15 is 0 Å². The van der Waals surface area contributed by atoms with Crippen molar-refractivity contribution in [3.63, 3.8) is 0 Å². The van der Waals surface area contributed by atoms with Gasteiger partial charge in [-0.3, -0.25) is 0 Å². The quantitative estimate of drug-likeness (QED) is 0.628. The van der Waals surface area contributed by atoms with Crippen LogP contribution in [0.15, 0.2) is 48.5 Å². The van der Waals surface area contributed by atoms with E-state index in [1.807, 2.05) is 31.2 Å². The predicted molar refractivity (Wildman–Crippen MR) is 98.6 cm³/mol. The van der Waals surface area contributed by atoms with E-state index in [0.717, 1.165) is 17.3 Å². The third kappa shape index (κ3) is 4.13. The lowest BCUT2D eigenvalue weighted by Crippen LogP contribution is -2.55. The van der Waals surface area contributed by atoms with E-state index < -0.39 is 29.0 Å². The third-order valence-corrected chi connectivity index (χ3v) is 5.61. The zero-order chi connectivity index (χ0) is 18.7. The maximum absolute atomic E-state index is 10.2. The number of hydrogen-bond acceptors (Lipinski definition) is 7. The van der Waals surface area contributed by atoms with Gasteiger partial charge in [-0.1, -0.05) is 29.8 Å². The fourth-order valence-electron chi connectivity index (χ4n) is 2.65. The van der Waals surface area contributed by atoms with Crippen molar-refractivity contribution in [1.29, 1.82) is 0 Å². The summed E-state index contributed by atoms with van der Waals surface area (Å²) in [5.74, 6) is 1.50. The van der Waals surface area contributed by atoms with Crippen molar-refractivity contribution in [2.45, 2.75) is 35.9 Å². The van der Waals surface area contributed by atoms with Gasteiger partial charge >= 0.3 is 0 Å². The Bertz CT molecular complexity index is 720. The lowest BCUT2D eigenvalue weighted by atomic mass is 10.0. The van der Waals surface area contributed by atoms with Crippen LogP contribution >= 0.6 is 11.8 Å². The standard InChI is InChI=1S/C19H22O6S/c1-11-6-8-12(9-7-11)24-13-4-2-3-5-14(13)25-19-18(23)17(22)16(21)15(10-20)26-19/h2-9,15-23H,10H2,1H3/t15-,16-,17+,18-,19-/m1/s1. The molecule has 0 amide bonds. The maximum Gasteiger partial charge on any atom is 0.173 e. The van der Waals surface area contributed by atoms with Crippen LogP contribution in [0.4, 0.5) is 0 Å². The van der Waals surface area contributed by atoms with Gasteiger partial charge in [0.05, 0.1) is 18.0 Å². The summed E-state index contributed by atoms with van der Waals surface area (Å²) >= 11 is 1.08. The van der Waals surface area contributed by atoms with Crippen molar-refractivity contribution in [3.05, 3.63) is 54.1 Å². The molecule has 0 bridgehead atoms. The van der Waals surface area contributed by atoms with Crippen LogP contribution in [0.1, 0.15) is 5.56 Å². The molecule has 1 aliphatic rings. The predicted octanol–water partition coefficient (Wildman–Crippen LogP) is 1.68. The topological polar surface area (TPSA) is 99.4 Å². The Hall–Kier alpha value is -1.77. The molecule has 1 fully saturated rings. The first-order valence-corrected chi connectivity index (χ1v) is 9.24. The highest BCUT2D eigenvalue weighted by Gasteiger charge is 2.44. The molecule has 3 rings (SSSR count). The van der Waals surface area contributed by atoms with Gasteiger partial charge in [-0.2, -0.15) is 0 Å². The van der Waals surface area contributed by atoms with Crippen LogP contribution < -0.4 is 9.47 Å². The molecular formula is C19H22O6S. The van der Waals surface area contributed by atoms with Crippen LogP contribution in [0.3, 0.4) is 0 Å². The molecule has 0 radical (unpaired) electrons. The molecule has 0 saturated carbocycles. The number of rotatable bonds is 5. The molecule has 0 unspecified atom stereocenters. The Labute approximate surface area is 156 Å². The first-order chi connectivity index (χ1) is 12.5. The number of para-hydroxylation sites is 2. The molecule has 0 aromatic heterocycles. The molecule has 140 valence electrons. The van der Waals surface area contributed by atoms with Gasteiger partial charge in [0.25, 0.3) is 0 Å². The van der Waals surface area contributed by atoms with Gasteiger partial charge in [-0.05, 0) is 31.2 Å². The zero-order valence-electron chi connectivity index (χ0n) is 14.2. The summed E-state index contributed by atoms with van der Waals surface area (Å²) < 4.78 is 11.7. The van der Waals surface area contributed by atoms with Crippen LogP contribution in [0.5, 0.6) is 17.2 Å². The van der Waals surface area contributed by atoms with Gasteiger partial charge in [0, 0.05) is 0 Å². The number of aliphatic hydroxyl groups is 4. The van der Waals surface area contributed by atoms with Crippen molar-refractivity contribution in [1.82, 2.24) is 0 Å². The van der Waals surface area contributed by atoms with Gasteiger partial charge in [-0.15, -0.1) is 11.8 Å². The van der Waals surface area contributed by atoms with E-state index in [2.05, 4.69) is 0 Å². The molecule has 0 spiro atoms. The van der Waals surface area contributed by atoms with Gasteiger partial charge in [0.1, 0.15) is 18.0 Å². The molecule has 2 aromatic carbocycles. The van der Waals surface area contributed by atoms with Gasteiger partial charge < -0.3 is 29.9 Å². The minimum atomic E-state index is -1.40. The van der Waals surface area contributed by atoms with Crippen molar-refractivity contribution in [2.24, 2.45) is 0 Å². The first kappa shape index (κ1) is 19.0. The van der Waals surface area contributed by atoms with E-state index in [0.29, 0.717) is 17.2 Å². The molecule has 1 aliphatic heterocycles. The van der Waals surface area contributed by atoms with E-state index in [1.54, 1.807) is 24.3 Å². The highest BCUT2D eigenvalue weighted by molar-refractivity contribution is 8.00. The van der Waals surface area contributed by atoms with E-state index in [1.165, 1.54) is 0 Å². The minimum Gasteiger partial charge on any atom is -0.473 e. The van der Waals surface area contributed by atoms with Crippen molar-refractivity contribution in [2.75, 3.05) is 6.61 Å². The average molecular weight is 378 g/mol. The molecular weight excluding hydrogens is 356 g/mol. The fraction of sp³-hybridized carbons (Fsp3) is 0.368. The van der Waals surface area contributed by atoms with E-state index in [-0.39, 0.29) is 6.61 Å². The van der Waals surface area contributed by atoms with Gasteiger partial charge in [-0.25, -0.2) is 0 Å². The maximum atomic E-state index is 10.2. The lowest BCUT2D eigenvalue weighted by molar-refractivity contribution is -0.0910. The zero-order valence-corrected chi connectivity index (χ0v) is 15.0. The molecule has 7 heteroatoms. The van der Waals surface area contributed by atoms with E-state index in [4.69, 9.17) is 9.47 Å². The van der Waals surface area contributed by atoms with Crippen molar-refractivity contribution in [3.8, 4) is 17.2 Å². The summed E-state index contributed by atoms with van der Waals surface area (Å²) in [6.07, 6.45) is -3.92. The molecule has 2 aromatic rings. The summed E-state index contributed by atoms with van der Waals surface area (Å²) in [6.45, 7) is 1.65. The summed E-state index contributed by atoms with van der Waals surface area (Å²) in [5, 5.41) is 38.8. The summed E-state index contributed by atoms with van der Waals surface area (Å²) in [4.78, 5) is 0. The van der Waals surface area contributed by atoms with Crippen molar-refractivity contribution < 1.29 is 29.9 Å². The number of benzene rings is 2. The molecule has 4 N–H and O–H groups in total. The molecule has 26 heavy (non-hydrogen) atoms. The highest BCUT2D eigenvalue weighted by Crippen LogP contribution is 2.38. The normalized spacial score (nSPS) is 28.6. The van der Waals surface area contributed by atoms with Crippen LogP contribution in [0.25, 0.3) is 0 Å². The van der Waals surface area contributed by atoms with Crippen LogP contribution in [0.2, 0.25) is 0 Å². The van der Waals surface area contributed by atoms with E-state index in [9.17, 15) is 20.4 Å². The van der Waals surface area contributed by atoms with Gasteiger partial charge in [0.2, 0.25) is 0 Å². The second kappa shape index (κ2) is 8.28. The first-order valence-electron chi connectivity index (χ1n) is 8.30. The van der Waals surface area contributed by atoms with Gasteiger partial charge in [0.15, 0.2) is 16.9 Å². The summed E-state index contributed by atoms with van der Waals surface area (Å²) in [6, 6.07) is 14.6. The van der Waals surface area contributed by atoms with Crippen molar-refractivity contribution >= 4 is 11.8 Å². The van der Waals surface area contributed by atoms with Crippen LogP contribution in [-0.2, 0) is 0 Å². The Morgan fingerprint density at radius 2 is 1.54 bits per heavy atom. The second-order valence-corrected chi connectivity index (χ2v) is 7.52. The Morgan fingerprint density at radius 3 is 2.19 bits per heavy atom. The number of thioether (sulfide) groups is 1. The number of aliphatic hydroxyl groups excluding tert-OH is 4. The Morgan fingerprint density at radius 1 is 0.885 bits per heavy atom. The minimum absolute atomic E-state index is 0.336. The average Bonchev–Trinajstić information content (AvgIpc) is 2.65. The second-order valence-electron chi connectivity index (χ2n) is 6.18. The molecule has 0 aliphatic carbocycles. The highest BCUT2D eigenvalue weighted by atomic mass is 32.2. The Balaban J connectivity index is 1.78. The third-order valence-electron chi connectivity index (χ3n) is 4.19. The fourth-order valence-corrected chi connectivity index (χ4v) is 3.89. The van der Waals surface area contributed by atoms with Crippen LogP contribution in [-0.4, -0.2) is 56.0 Å². The smallest absolute Gasteiger partial charge is 0.173 e. The monoisotopic (exact) mass is 378 g/mol. The number of hydrogen-bond donors (Lipinski definition) is 4. The molecule has 1 heterocycles. The molecule has 1 saturated heterocycles. The molecule has 5 atom stereocenters. The summed E-state index contributed by atoms with van der Waals surface area (Å²) in [7, 11) is 0. The Kier molecular flexibility index (Phi) is 6.05. The largest absolute Gasteiger partial charge is 0.473 e. The van der Waals surface area contributed by atoms with Crippen LogP contribution in [0, 0.1) is 6.92 Å². The lowest BCUT2D eigenvalue weighted by Gasteiger charge is -2.39. The molecule has 6 nitrogen and oxygen atoms in total. The number of ether oxygens (including phenoxy) is 2. The SMILES string of the molecule is Cc1ccc(Oc2ccccc2O[C@@H]2S[C@H](CO)[C@@H](O)[C@H](O)[C@H]2O)cc1.